The smallest absolute Gasteiger partial charge is 0.227 e. The molecule has 0 saturated heterocycles. The van der Waals surface area contributed by atoms with Crippen molar-refractivity contribution in [3.8, 4) is 0 Å². The molecule has 0 spiro atoms. The van der Waals surface area contributed by atoms with Crippen molar-refractivity contribution in [2.24, 2.45) is 0 Å². The van der Waals surface area contributed by atoms with Crippen LogP contribution in [0.2, 0.25) is 0 Å². The number of para-hydroxylation sites is 1. The highest BCUT2D eigenvalue weighted by atomic mass is 32.2. The van der Waals surface area contributed by atoms with E-state index in [1.54, 1.807) is 28.9 Å². The number of anilines is 2. The van der Waals surface area contributed by atoms with Crippen molar-refractivity contribution in [2.75, 3.05) is 22.5 Å². The first-order valence-electron chi connectivity index (χ1n) is 9.60. The molecule has 1 aliphatic heterocycles. The zero-order chi connectivity index (χ0) is 20.9. The molecule has 0 unspecified atom stereocenters. The summed E-state index contributed by atoms with van der Waals surface area (Å²) in [6.07, 6.45) is 2.48. The van der Waals surface area contributed by atoms with Gasteiger partial charge in [-0.2, -0.15) is 0 Å². The van der Waals surface area contributed by atoms with Gasteiger partial charge in [0.25, 0.3) is 0 Å². The van der Waals surface area contributed by atoms with Gasteiger partial charge in [0.2, 0.25) is 11.8 Å². The molecule has 5 nitrogen and oxygen atoms in total. The molecule has 0 fully saturated rings. The van der Waals surface area contributed by atoms with Crippen LogP contribution in [0.25, 0.3) is 0 Å². The summed E-state index contributed by atoms with van der Waals surface area (Å²) >= 11 is 3.09. The second-order valence-corrected chi connectivity index (χ2v) is 9.10. The number of nitrogens with zero attached hydrogens (tertiary/aromatic N) is 2. The number of amides is 2. The van der Waals surface area contributed by atoms with Gasteiger partial charge in [-0.3, -0.25) is 9.59 Å². The van der Waals surface area contributed by atoms with E-state index >= 15 is 0 Å². The highest BCUT2D eigenvalue weighted by Gasteiger charge is 2.23. The summed E-state index contributed by atoms with van der Waals surface area (Å²) in [5.74, 6) is 0.283. The summed E-state index contributed by atoms with van der Waals surface area (Å²) in [6.45, 7) is 0.651. The molecule has 2 aromatic carbocycles. The lowest BCUT2D eigenvalue weighted by Crippen LogP contribution is -2.35. The Balaban J connectivity index is 1.29. The number of carbonyl (C=O) groups is 2. The molecule has 0 bridgehead atoms. The highest BCUT2D eigenvalue weighted by molar-refractivity contribution is 7.99. The molecule has 30 heavy (non-hydrogen) atoms. The summed E-state index contributed by atoms with van der Waals surface area (Å²) < 4.78 is 13.3. The maximum absolute atomic E-state index is 13.3. The molecule has 8 heteroatoms. The first-order chi connectivity index (χ1) is 14.6. The molecule has 154 valence electrons. The predicted molar refractivity (Wildman–Crippen MR) is 119 cm³/mol. The molecule has 2 heterocycles. The molecule has 0 radical (unpaired) electrons. The second kappa shape index (κ2) is 9.40. The summed E-state index contributed by atoms with van der Waals surface area (Å²) in [6, 6.07) is 14.2. The van der Waals surface area contributed by atoms with Crippen LogP contribution in [0, 0.1) is 5.82 Å². The number of halogens is 1. The van der Waals surface area contributed by atoms with Crippen LogP contribution in [0.3, 0.4) is 0 Å². The normalized spacial score (nSPS) is 13.0. The average Bonchev–Trinajstić information content (AvgIpc) is 3.18. The molecule has 1 aromatic heterocycles. The Morgan fingerprint density at radius 1 is 1.13 bits per heavy atom. The third-order valence-electron chi connectivity index (χ3n) is 4.66. The van der Waals surface area contributed by atoms with E-state index in [1.807, 2.05) is 30.3 Å². The Hall–Kier alpha value is -2.71. The number of thiazole rings is 1. The van der Waals surface area contributed by atoms with Crippen molar-refractivity contribution in [2.45, 2.75) is 24.2 Å². The molecule has 1 aliphatic rings. The van der Waals surface area contributed by atoms with Crippen molar-refractivity contribution in [3.05, 3.63) is 71.0 Å². The topological polar surface area (TPSA) is 62.3 Å². The van der Waals surface area contributed by atoms with E-state index in [2.05, 4.69) is 10.3 Å². The minimum atomic E-state index is -0.273. The third kappa shape index (κ3) is 5.06. The van der Waals surface area contributed by atoms with Crippen LogP contribution >= 0.6 is 23.1 Å². The van der Waals surface area contributed by atoms with Crippen molar-refractivity contribution < 1.29 is 14.0 Å². The van der Waals surface area contributed by atoms with Gasteiger partial charge in [0, 0.05) is 47.5 Å². The van der Waals surface area contributed by atoms with Gasteiger partial charge in [-0.05, 0) is 29.8 Å². The van der Waals surface area contributed by atoms with Crippen molar-refractivity contribution in [3.63, 3.8) is 0 Å². The number of benzene rings is 2. The standard InChI is InChI=1S/C22H20FN3O2S2/c23-16-5-3-4-15(12-16)13-17-14-24-22(30-17)25-20(27)8-9-21(28)26-10-11-29-19-7-2-1-6-18(19)26/h1-7,12,14H,8-11,13H2,(H,24,25,27). The number of fused-ring (bicyclic) bond motifs is 1. The lowest BCUT2D eigenvalue weighted by Gasteiger charge is -2.28. The average molecular weight is 442 g/mol. The monoisotopic (exact) mass is 441 g/mol. The summed E-state index contributed by atoms with van der Waals surface area (Å²) in [5.41, 5.74) is 1.77. The zero-order valence-electron chi connectivity index (χ0n) is 16.1. The lowest BCUT2D eigenvalue weighted by atomic mass is 10.1. The number of hydrogen-bond acceptors (Lipinski definition) is 5. The molecule has 0 saturated carbocycles. The van der Waals surface area contributed by atoms with Crippen LogP contribution in [0.15, 0.2) is 59.6 Å². The van der Waals surface area contributed by atoms with Gasteiger partial charge < -0.3 is 10.2 Å². The fourth-order valence-corrected chi connectivity index (χ4v) is 5.12. The Morgan fingerprint density at radius 2 is 2.00 bits per heavy atom. The maximum atomic E-state index is 13.3. The van der Waals surface area contributed by atoms with Crippen LogP contribution in [0.4, 0.5) is 15.2 Å². The summed E-state index contributed by atoms with van der Waals surface area (Å²) in [4.78, 5) is 32.9. The van der Waals surface area contributed by atoms with Crippen LogP contribution < -0.4 is 10.2 Å². The SMILES string of the molecule is O=C(CCC(=O)N1CCSc2ccccc21)Nc1ncc(Cc2cccc(F)c2)s1. The molecular formula is C22H20FN3O2S2. The van der Waals surface area contributed by atoms with E-state index in [1.165, 1.54) is 23.5 Å². The molecule has 0 aliphatic carbocycles. The van der Waals surface area contributed by atoms with Gasteiger partial charge >= 0.3 is 0 Å². The van der Waals surface area contributed by atoms with Gasteiger partial charge in [0.05, 0.1) is 5.69 Å². The Morgan fingerprint density at radius 3 is 2.87 bits per heavy atom. The number of hydrogen-bond donors (Lipinski definition) is 1. The van der Waals surface area contributed by atoms with E-state index in [4.69, 9.17) is 0 Å². The fraction of sp³-hybridized carbons (Fsp3) is 0.227. The van der Waals surface area contributed by atoms with Gasteiger partial charge in [-0.25, -0.2) is 9.37 Å². The lowest BCUT2D eigenvalue weighted by molar-refractivity contribution is -0.122. The number of thioether (sulfide) groups is 1. The quantitative estimate of drug-likeness (QED) is 0.601. The number of rotatable bonds is 6. The largest absolute Gasteiger partial charge is 0.310 e. The van der Waals surface area contributed by atoms with Crippen LogP contribution in [0.1, 0.15) is 23.3 Å². The van der Waals surface area contributed by atoms with Crippen molar-refractivity contribution in [1.29, 1.82) is 0 Å². The van der Waals surface area contributed by atoms with E-state index in [9.17, 15) is 14.0 Å². The fourth-order valence-electron chi connectivity index (χ4n) is 3.26. The van der Waals surface area contributed by atoms with Gasteiger partial charge in [-0.1, -0.05) is 24.3 Å². The van der Waals surface area contributed by atoms with Crippen molar-refractivity contribution >= 4 is 45.7 Å². The maximum Gasteiger partial charge on any atom is 0.227 e. The number of carbonyl (C=O) groups excluding carboxylic acids is 2. The number of nitrogens with one attached hydrogen (secondary N) is 1. The minimum Gasteiger partial charge on any atom is -0.310 e. The molecule has 0 atom stereocenters. The van der Waals surface area contributed by atoms with E-state index in [-0.39, 0.29) is 30.5 Å². The first-order valence-corrected chi connectivity index (χ1v) is 11.4. The van der Waals surface area contributed by atoms with E-state index < -0.39 is 0 Å². The zero-order valence-corrected chi connectivity index (χ0v) is 17.8. The number of aromatic nitrogens is 1. The van der Waals surface area contributed by atoms with Crippen molar-refractivity contribution in [1.82, 2.24) is 4.98 Å². The first kappa shape index (κ1) is 20.6. The van der Waals surface area contributed by atoms with Crippen LogP contribution in [0.5, 0.6) is 0 Å². The van der Waals surface area contributed by atoms with E-state index in [0.29, 0.717) is 18.1 Å². The van der Waals surface area contributed by atoms with Gasteiger partial charge in [0.1, 0.15) is 5.82 Å². The predicted octanol–water partition coefficient (Wildman–Crippen LogP) is 4.73. The molecule has 1 N–H and O–H groups in total. The molecule has 2 amide bonds. The Bertz CT molecular complexity index is 1070. The van der Waals surface area contributed by atoms with Crippen LogP contribution in [-0.4, -0.2) is 29.1 Å². The molecular weight excluding hydrogens is 421 g/mol. The van der Waals surface area contributed by atoms with E-state index in [0.717, 1.165) is 26.8 Å². The second-order valence-electron chi connectivity index (χ2n) is 6.85. The molecule has 4 rings (SSSR count). The minimum absolute atomic E-state index is 0.0520. The Kier molecular flexibility index (Phi) is 6.44. The van der Waals surface area contributed by atoms with Gasteiger partial charge in [-0.15, -0.1) is 23.1 Å². The summed E-state index contributed by atoms with van der Waals surface area (Å²) in [7, 11) is 0. The Labute approximate surface area is 182 Å². The summed E-state index contributed by atoms with van der Waals surface area (Å²) in [5, 5.41) is 3.24. The van der Waals surface area contributed by atoms with Gasteiger partial charge in [0.15, 0.2) is 5.13 Å². The highest BCUT2D eigenvalue weighted by Crippen LogP contribution is 2.34. The molecule has 3 aromatic rings. The van der Waals surface area contributed by atoms with Crippen LogP contribution in [-0.2, 0) is 16.0 Å². The third-order valence-corrected chi connectivity index (χ3v) is 6.62.